The van der Waals surface area contributed by atoms with Gasteiger partial charge in [-0.05, 0) is 11.8 Å². The van der Waals surface area contributed by atoms with Gasteiger partial charge in [0, 0.05) is 12.5 Å². The molecule has 0 heterocycles. The summed E-state index contributed by atoms with van der Waals surface area (Å²) in [6, 6.07) is 0. The molecule has 2 N–H and O–H groups in total. The first-order chi connectivity index (χ1) is 7.45. The van der Waals surface area contributed by atoms with E-state index in [1.54, 1.807) is 0 Å². The number of rotatable bonds is 8. The predicted molar refractivity (Wildman–Crippen MR) is 66.7 cm³/mol. The number of nitrogens with two attached hydrogens (primary N) is 1. The van der Waals surface area contributed by atoms with Crippen molar-refractivity contribution in [2.45, 2.75) is 52.7 Å². The second-order valence-corrected chi connectivity index (χ2v) is 4.85. The minimum atomic E-state index is -0.500. The van der Waals surface area contributed by atoms with Gasteiger partial charge in [-0.15, -0.1) is 0 Å². The van der Waals surface area contributed by atoms with E-state index in [9.17, 15) is 4.79 Å². The molecule has 0 aliphatic rings. The third kappa shape index (κ3) is 8.48. The van der Waals surface area contributed by atoms with Gasteiger partial charge >= 0.3 is 5.97 Å². The van der Waals surface area contributed by atoms with Gasteiger partial charge in [0.2, 0.25) is 0 Å². The molecular weight excluding hydrogens is 202 g/mol. The molecule has 2 unspecified atom stereocenters. The van der Waals surface area contributed by atoms with E-state index in [1.807, 2.05) is 0 Å². The molecule has 0 bridgehead atoms. The Labute approximate surface area is 99.0 Å². The Bertz CT molecular complexity index is 214. The fraction of sp³-hybridized carbons (Fsp3) is 0.769. The third-order valence-corrected chi connectivity index (χ3v) is 2.55. The Morgan fingerprint density at radius 1 is 1.38 bits per heavy atom. The van der Waals surface area contributed by atoms with Crippen molar-refractivity contribution in [1.82, 2.24) is 0 Å². The van der Waals surface area contributed by atoms with Crippen molar-refractivity contribution in [2.75, 3.05) is 0 Å². The molecule has 3 nitrogen and oxygen atoms in total. The molecule has 0 rings (SSSR count). The summed E-state index contributed by atoms with van der Waals surface area (Å²) < 4.78 is 4.92. The van der Waals surface area contributed by atoms with Gasteiger partial charge in [-0.2, -0.15) is 0 Å². The van der Waals surface area contributed by atoms with E-state index >= 15 is 0 Å². The first-order valence-corrected chi connectivity index (χ1v) is 6.04. The van der Waals surface area contributed by atoms with Crippen molar-refractivity contribution in [3.8, 4) is 0 Å². The number of ether oxygens (including phenoxy) is 1. The lowest BCUT2D eigenvalue weighted by atomic mass is 9.97. The Balaban J connectivity index is 3.65. The third-order valence-electron chi connectivity index (χ3n) is 2.55. The van der Waals surface area contributed by atoms with Gasteiger partial charge in [0.1, 0.15) is 0 Å². The molecule has 2 atom stereocenters. The van der Waals surface area contributed by atoms with Gasteiger partial charge in [-0.25, -0.2) is 4.79 Å². The summed E-state index contributed by atoms with van der Waals surface area (Å²) in [4.78, 5) is 10.9. The highest BCUT2D eigenvalue weighted by Crippen LogP contribution is 2.16. The molecule has 0 aliphatic carbocycles. The van der Waals surface area contributed by atoms with Gasteiger partial charge < -0.3 is 4.74 Å². The van der Waals surface area contributed by atoms with E-state index in [1.165, 1.54) is 12.8 Å². The zero-order chi connectivity index (χ0) is 12.6. The van der Waals surface area contributed by atoms with Crippen molar-refractivity contribution in [2.24, 2.45) is 17.6 Å². The highest BCUT2D eigenvalue weighted by Gasteiger charge is 2.12. The molecule has 0 aromatic heterocycles. The quantitative estimate of drug-likeness (QED) is 0.394. The monoisotopic (exact) mass is 227 g/mol. The molecule has 0 saturated heterocycles. The minimum Gasteiger partial charge on any atom is -0.444 e. The highest BCUT2D eigenvalue weighted by molar-refractivity contribution is 5.81. The molecule has 0 amide bonds. The average molecular weight is 227 g/mol. The fourth-order valence-electron chi connectivity index (χ4n) is 1.63. The van der Waals surface area contributed by atoms with Crippen molar-refractivity contribution in [1.29, 1.82) is 0 Å². The second-order valence-electron chi connectivity index (χ2n) is 4.85. The van der Waals surface area contributed by atoms with Crippen LogP contribution in [0, 0.1) is 11.8 Å². The second kappa shape index (κ2) is 8.34. The summed E-state index contributed by atoms with van der Waals surface area (Å²) in [5.41, 5.74) is 5.69. The van der Waals surface area contributed by atoms with Crippen molar-refractivity contribution < 1.29 is 9.53 Å². The topological polar surface area (TPSA) is 52.3 Å². The standard InChI is InChI=1S/C13H25NO2/c1-5-13(15)16-12(14)9-11(4)8-6-7-10(2)3/h5,10-12H,1,6-9,14H2,2-4H3. The molecular formula is C13H25NO2. The van der Waals surface area contributed by atoms with Crippen molar-refractivity contribution >= 4 is 5.97 Å². The summed E-state index contributed by atoms with van der Waals surface area (Å²) >= 11 is 0. The predicted octanol–water partition coefficient (Wildman–Crippen LogP) is 2.85. The van der Waals surface area contributed by atoms with Crippen LogP contribution in [0.2, 0.25) is 0 Å². The van der Waals surface area contributed by atoms with Crippen LogP contribution in [0.15, 0.2) is 12.7 Å². The van der Waals surface area contributed by atoms with Crippen LogP contribution in [0.4, 0.5) is 0 Å². The molecule has 0 aliphatic heterocycles. The lowest BCUT2D eigenvalue weighted by Crippen LogP contribution is -2.28. The maximum absolute atomic E-state index is 10.9. The zero-order valence-corrected chi connectivity index (χ0v) is 10.7. The number of carbonyl (C=O) groups is 1. The smallest absolute Gasteiger partial charge is 0.331 e. The summed E-state index contributed by atoms with van der Waals surface area (Å²) in [6.45, 7) is 9.92. The molecule has 0 aromatic rings. The van der Waals surface area contributed by atoms with Crippen LogP contribution in [0.25, 0.3) is 0 Å². The Morgan fingerprint density at radius 2 is 2.00 bits per heavy atom. The van der Waals surface area contributed by atoms with Gasteiger partial charge in [0.05, 0.1) is 0 Å². The summed E-state index contributed by atoms with van der Waals surface area (Å²) in [5, 5.41) is 0. The lowest BCUT2D eigenvalue weighted by molar-refractivity contribution is -0.143. The molecule has 0 spiro atoms. The molecule has 94 valence electrons. The molecule has 3 heteroatoms. The van der Waals surface area contributed by atoms with E-state index in [-0.39, 0.29) is 0 Å². The number of hydrogen-bond acceptors (Lipinski definition) is 3. The van der Waals surface area contributed by atoms with Gasteiger partial charge in [0.15, 0.2) is 6.23 Å². The van der Waals surface area contributed by atoms with Crippen LogP contribution in [0.3, 0.4) is 0 Å². The molecule has 0 radical (unpaired) electrons. The van der Waals surface area contributed by atoms with Crippen molar-refractivity contribution in [3.63, 3.8) is 0 Å². The van der Waals surface area contributed by atoms with Gasteiger partial charge in [-0.1, -0.05) is 46.6 Å². The van der Waals surface area contributed by atoms with Crippen LogP contribution < -0.4 is 5.73 Å². The number of carbonyl (C=O) groups excluding carboxylic acids is 1. The molecule has 0 saturated carbocycles. The molecule has 0 fully saturated rings. The normalized spacial score (nSPS) is 14.6. The van der Waals surface area contributed by atoms with Crippen LogP contribution in [0.1, 0.15) is 46.5 Å². The fourth-order valence-corrected chi connectivity index (χ4v) is 1.63. The van der Waals surface area contributed by atoms with E-state index in [2.05, 4.69) is 27.4 Å². The summed E-state index contributed by atoms with van der Waals surface area (Å²) in [6.07, 6.45) is 4.95. The maximum atomic E-state index is 10.9. The first kappa shape index (κ1) is 15.2. The first-order valence-electron chi connectivity index (χ1n) is 6.04. The summed E-state index contributed by atoms with van der Waals surface area (Å²) in [7, 11) is 0. The van der Waals surface area contributed by atoms with E-state index in [0.717, 1.165) is 24.8 Å². The van der Waals surface area contributed by atoms with Crippen LogP contribution in [-0.4, -0.2) is 12.2 Å². The van der Waals surface area contributed by atoms with Gasteiger partial charge in [0.25, 0.3) is 0 Å². The Hall–Kier alpha value is -0.830. The van der Waals surface area contributed by atoms with E-state index < -0.39 is 12.2 Å². The average Bonchev–Trinajstić information content (AvgIpc) is 2.16. The highest BCUT2D eigenvalue weighted by atomic mass is 16.6. The van der Waals surface area contributed by atoms with Crippen LogP contribution >= 0.6 is 0 Å². The van der Waals surface area contributed by atoms with E-state index in [0.29, 0.717) is 5.92 Å². The van der Waals surface area contributed by atoms with Crippen molar-refractivity contribution in [3.05, 3.63) is 12.7 Å². The molecule has 16 heavy (non-hydrogen) atoms. The minimum absolute atomic E-state index is 0.443. The van der Waals surface area contributed by atoms with E-state index in [4.69, 9.17) is 10.5 Å². The zero-order valence-electron chi connectivity index (χ0n) is 10.7. The molecule has 0 aromatic carbocycles. The summed E-state index contributed by atoms with van der Waals surface area (Å²) in [5.74, 6) is 0.799. The van der Waals surface area contributed by atoms with Crippen LogP contribution in [-0.2, 0) is 9.53 Å². The largest absolute Gasteiger partial charge is 0.444 e. The Morgan fingerprint density at radius 3 is 2.50 bits per heavy atom. The SMILES string of the molecule is C=CC(=O)OC(N)CC(C)CCCC(C)C. The number of esters is 1. The lowest BCUT2D eigenvalue weighted by Gasteiger charge is -2.17. The Kier molecular flexibility index (Phi) is 7.90. The number of hydrogen-bond donors (Lipinski definition) is 1. The maximum Gasteiger partial charge on any atom is 0.331 e. The van der Waals surface area contributed by atoms with Crippen LogP contribution in [0.5, 0.6) is 0 Å². The van der Waals surface area contributed by atoms with Gasteiger partial charge in [-0.3, -0.25) is 5.73 Å².